The summed E-state index contributed by atoms with van der Waals surface area (Å²) in [5.74, 6) is 0. The minimum atomic E-state index is -0.0288. The molecule has 1 saturated carbocycles. The molecule has 6 heteroatoms. The van der Waals surface area contributed by atoms with Gasteiger partial charge in [0.2, 0.25) is 0 Å². The summed E-state index contributed by atoms with van der Waals surface area (Å²) in [6.07, 6.45) is 4.14. The standard InChI is InChI=1S/C13H20N4O2/c18-13-9-12(15-11-1-2-11)10-14-17(13)4-3-16-5-7-19-8-6-16/h9-11,15H,1-8H2. The van der Waals surface area contributed by atoms with Gasteiger partial charge in [-0.2, -0.15) is 5.10 Å². The van der Waals surface area contributed by atoms with Gasteiger partial charge < -0.3 is 10.1 Å². The monoisotopic (exact) mass is 264 g/mol. The van der Waals surface area contributed by atoms with E-state index in [0.717, 1.165) is 38.5 Å². The van der Waals surface area contributed by atoms with Crippen molar-refractivity contribution in [3.63, 3.8) is 0 Å². The highest BCUT2D eigenvalue weighted by Gasteiger charge is 2.21. The Morgan fingerprint density at radius 3 is 2.79 bits per heavy atom. The molecular weight excluding hydrogens is 244 g/mol. The first-order valence-corrected chi connectivity index (χ1v) is 6.95. The number of rotatable bonds is 5. The predicted molar refractivity (Wildman–Crippen MR) is 72.4 cm³/mol. The summed E-state index contributed by atoms with van der Waals surface area (Å²) < 4.78 is 6.84. The third-order valence-electron chi connectivity index (χ3n) is 3.55. The van der Waals surface area contributed by atoms with Gasteiger partial charge in [-0.1, -0.05) is 0 Å². The smallest absolute Gasteiger partial charge is 0.268 e. The molecule has 1 aromatic heterocycles. The van der Waals surface area contributed by atoms with E-state index < -0.39 is 0 Å². The molecule has 2 fully saturated rings. The summed E-state index contributed by atoms with van der Waals surface area (Å²) in [6.45, 7) is 4.94. The molecule has 1 saturated heterocycles. The van der Waals surface area contributed by atoms with Crippen molar-refractivity contribution in [1.29, 1.82) is 0 Å². The van der Waals surface area contributed by atoms with Gasteiger partial charge >= 0.3 is 0 Å². The lowest BCUT2D eigenvalue weighted by Crippen LogP contribution is -2.39. The van der Waals surface area contributed by atoms with E-state index in [0.29, 0.717) is 12.6 Å². The second-order valence-electron chi connectivity index (χ2n) is 5.18. The van der Waals surface area contributed by atoms with Crippen LogP contribution in [0.25, 0.3) is 0 Å². The molecule has 1 aromatic rings. The fourth-order valence-electron chi connectivity index (χ4n) is 2.20. The molecule has 1 aliphatic carbocycles. The van der Waals surface area contributed by atoms with Crippen LogP contribution in [0.15, 0.2) is 17.1 Å². The maximum Gasteiger partial charge on any atom is 0.268 e. The Bertz CT molecular complexity index is 478. The van der Waals surface area contributed by atoms with Crippen molar-refractivity contribution in [2.75, 3.05) is 38.2 Å². The Morgan fingerprint density at radius 2 is 2.11 bits per heavy atom. The largest absolute Gasteiger partial charge is 0.381 e. The maximum atomic E-state index is 11.9. The summed E-state index contributed by atoms with van der Waals surface area (Å²) in [6, 6.07) is 2.19. The topological polar surface area (TPSA) is 59.4 Å². The number of anilines is 1. The Labute approximate surface area is 112 Å². The molecule has 0 spiro atoms. The van der Waals surface area contributed by atoms with Gasteiger partial charge in [-0.05, 0) is 12.8 Å². The van der Waals surface area contributed by atoms with Gasteiger partial charge in [0, 0.05) is 31.7 Å². The van der Waals surface area contributed by atoms with E-state index >= 15 is 0 Å². The summed E-state index contributed by atoms with van der Waals surface area (Å²) >= 11 is 0. The van der Waals surface area contributed by atoms with Gasteiger partial charge in [-0.25, -0.2) is 4.68 Å². The molecule has 0 unspecified atom stereocenters. The number of nitrogens with zero attached hydrogens (tertiary/aromatic N) is 3. The van der Waals surface area contributed by atoms with Crippen LogP contribution in [0.1, 0.15) is 12.8 Å². The first-order valence-electron chi connectivity index (χ1n) is 6.95. The molecule has 0 atom stereocenters. The lowest BCUT2D eigenvalue weighted by Gasteiger charge is -2.26. The Hall–Kier alpha value is -1.40. The molecule has 0 aromatic carbocycles. The van der Waals surface area contributed by atoms with Crippen molar-refractivity contribution < 1.29 is 4.74 Å². The quantitative estimate of drug-likeness (QED) is 0.820. The first kappa shape index (κ1) is 12.6. The van der Waals surface area contributed by atoms with Crippen LogP contribution in [0.3, 0.4) is 0 Å². The highest BCUT2D eigenvalue weighted by atomic mass is 16.5. The molecule has 0 amide bonds. The fraction of sp³-hybridized carbons (Fsp3) is 0.692. The number of aromatic nitrogens is 2. The molecule has 3 rings (SSSR count). The highest BCUT2D eigenvalue weighted by Crippen LogP contribution is 2.23. The lowest BCUT2D eigenvalue weighted by atomic mass is 10.4. The summed E-state index contributed by atoms with van der Waals surface area (Å²) in [7, 11) is 0. The van der Waals surface area contributed by atoms with Crippen molar-refractivity contribution in [3.05, 3.63) is 22.6 Å². The summed E-state index contributed by atoms with van der Waals surface area (Å²) in [5.41, 5.74) is 0.814. The molecule has 1 aliphatic heterocycles. The molecule has 0 bridgehead atoms. The fourth-order valence-corrected chi connectivity index (χ4v) is 2.20. The second-order valence-corrected chi connectivity index (χ2v) is 5.18. The van der Waals surface area contributed by atoms with Gasteiger partial charge in [0.15, 0.2) is 0 Å². The summed E-state index contributed by atoms with van der Waals surface area (Å²) in [5, 5.41) is 7.51. The second kappa shape index (κ2) is 5.71. The number of morpholine rings is 1. The van der Waals surface area contributed by atoms with E-state index in [1.54, 1.807) is 12.3 Å². The van der Waals surface area contributed by atoms with E-state index in [9.17, 15) is 4.79 Å². The van der Waals surface area contributed by atoms with E-state index in [1.807, 2.05) is 0 Å². The number of hydrogen-bond donors (Lipinski definition) is 1. The van der Waals surface area contributed by atoms with Crippen molar-refractivity contribution >= 4 is 5.69 Å². The third kappa shape index (κ3) is 3.54. The minimum Gasteiger partial charge on any atom is -0.381 e. The van der Waals surface area contributed by atoms with Gasteiger partial charge in [0.25, 0.3) is 5.56 Å². The van der Waals surface area contributed by atoms with Crippen molar-refractivity contribution in [2.45, 2.75) is 25.4 Å². The zero-order valence-electron chi connectivity index (χ0n) is 11.0. The zero-order valence-corrected chi connectivity index (χ0v) is 11.0. The molecule has 0 radical (unpaired) electrons. The number of ether oxygens (including phenoxy) is 1. The first-order chi connectivity index (χ1) is 9.31. The van der Waals surface area contributed by atoms with Gasteiger partial charge in [0.1, 0.15) is 0 Å². The average Bonchev–Trinajstić information content (AvgIpc) is 3.23. The van der Waals surface area contributed by atoms with Crippen LogP contribution in [-0.4, -0.2) is 53.6 Å². The predicted octanol–water partition coefficient (Wildman–Crippen LogP) is 0.150. The Balaban J connectivity index is 1.56. The van der Waals surface area contributed by atoms with E-state index in [4.69, 9.17) is 4.74 Å². The van der Waals surface area contributed by atoms with Crippen LogP contribution >= 0.6 is 0 Å². The molecule has 6 nitrogen and oxygen atoms in total. The van der Waals surface area contributed by atoms with Crippen LogP contribution in [-0.2, 0) is 11.3 Å². The molecule has 2 heterocycles. The van der Waals surface area contributed by atoms with Crippen LogP contribution in [0.2, 0.25) is 0 Å². The van der Waals surface area contributed by atoms with Crippen LogP contribution in [0.4, 0.5) is 5.69 Å². The van der Waals surface area contributed by atoms with E-state index in [1.165, 1.54) is 17.5 Å². The minimum absolute atomic E-state index is 0.0288. The SMILES string of the molecule is O=c1cc(NC2CC2)cnn1CCN1CCOCC1. The van der Waals surface area contributed by atoms with Gasteiger partial charge in [-0.3, -0.25) is 9.69 Å². The van der Waals surface area contributed by atoms with Gasteiger partial charge in [0.05, 0.1) is 31.6 Å². The Kier molecular flexibility index (Phi) is 3.79. The molecular formula is C13H20N4O2. The van der Waals surface area contributed by atoms with E-state index in [-0.39, 0.29) is 5.56 Å². The van der Waals surface area contributed by atoms with Crippen molar-refractivity contribution in [3.8, 4) is 0 Å². The van der Waals surface area contributed by atoms with Gasteiger partial charge in [-0.15, -0.1) is 0 Å². The Morgan fingerprint density at radius 1 is 1.32 bits per heavy atom. The lowest BCUT2D eigenvalue weighted by molar-refractivity contribution is 0.0358. The van der Waals surface area contributed by atoms with Crippen molar-refractivity contribution in [2.24, 2.45) is 0 Å². The molecule has 1 N–H and O–H groups in total. The zero-order chi connectivity index (χ0) is 13.1. The van der Waals surface area contributed by atoms with Crippen LogP contribution in [0, 0.1) is 0 Å². The molecule has 19 heavy (non-hydrogen) atoms. The normalized spacial score (nSPS) is 20.4. The average molecular weight is 264 g/mol. The van der Waals surface area contributed by atoms with Crippen LogP contribution in [0.5, 0.6) is 0 Å². The maximum absolute atomic E-state index is 11.9. The molecule has 2 aliphatic rings. The van der Waals surface area contributed by atoms with Crippen molar-refractivity contribution in [1.82, 2.24) is 14.7 Å². The molecule has 104 valence electrons. The highest BCUT2D eigenvalue weighted by molar-refractivity contribution is 5.41. The summed E-state index contributed by atoms with van der Waals surface area (Å²) in [4.78, 5) is 14.2. The third-order valence-corrected chi connectivity index (χ3v) is 3.55. The van der Waals surface area contributed by atoms with E-state index in [2.05, 4.69) is 15.3 Å². The van der Waals surface area contributed by atoms with Crippen LogP contribution < -0.4 is 10.9 Å². The number of hydrogen-bond acceptors (Lipinski definition) is 5. The number of nitrogens with one attached hydrogen (secondary N) is 1.